The van der Waals surface area contributed by atoms with Crippen molar-refractivity contribution in [2.75, 3.05) is 0 Å². The topological polar surface area (TPSA) is 53.4 Å². The third kappa shape index (κ3) is 2.92. The number of hydrogen-bond donors (Lipinski definition) is 1. The fourth-order valence-electron chi connectivity index (χ4n) is 2.74. The van der Waals surface area contributed by atoms with Crippen molar-refractivity contribution in [3.8, 4) is 0 Å². The Morgan fingerprint density at radius 1 is 1.38 bits per heavy atom. The SMILES string of the molecule is O=C(O)[C@@H]1Cc2ccc(F)cc2CN1Cc1cccnc1. The number of nitrogens with zero attached hydrogens (tertiary/aromatic N) is 2. The van der Waals surface area contributed by atoms with Gasteiger partial charge in [0.1, 0.15) is 11.9 Å². The van der Waals surface area contributed by atoms with Gasteiger partial charge in [-0.25, -0.2) is 4.39 Å². The van der Waals surface area contributed by atoms with Gasteiger partial charge in [-0.1, -0.05) is 12.1 Å². The zero-order valence-electron chi connectivity index (χ0n) is 11.4. The van der Waals surface area contributed by atoms with Crippen molar-refractivity contribution in [2.24, 2.45) is 0 Å². The van der Waals surface area contributed by atoms with Gasteiger partial charge in [-0.05, 0) is 41.3 Å². The van der Waals surface area contributed by atoms with Gasteiger partial charge in [0.25, 0.3) is 0 Å². The predicted octanol–water partition coefficient (Wildman–Crippen LogP) is 2.23. The van der Waals surface area contributed by atoms with Crippen LogP contribution in [-0.2, 0) is 24.3 Å². The first kappa shape index (κ1) is 13.7. The molecule has 0 unspecified atom stereocenters. The van der Waals surface area contributed by atoms with E-state index < -0.39 is 12.0 Å². The normalized spacial score (nSPS) is 18.2. The Hall–Kier alpha value is -2.27. The maximum atomic E-state index is 13.4. The molecule has 2 aromatic rings. The van der Waals surface area contributed by atoms with Gasteiger partial charge in [-0.3, -0.25) is 14.7 Å². The number of carboxylic acid groups (broad SMARTS) is 1. The van der Waals surface area contributed by atoms with Crippen molar-refractivity contribution in [3.05, 3.63) is 65.2 Å². The van der Waals surface area contributed by atoms with Gasteiger partial charge in [0.2, 0.25) is 0 Å². The number of pyridine rings is 1. The van der Waals surface area contributed by atoms with Crippen LogP contribution in [0.15, 0.2) is 42.7 Å². The van der Waals surface area contributed by atoms with E-state index in [9.17, 15) is 14.3 Å². The number of benzene rings is 1. The van der Waals surface area contributed by atoms with Gasteiger partial charge in [-0.15, -0.1) is 0 Å². The monoisotopic (exact) mass is 286 g/mol. The molecule has 3 rings (SSSR count). The van der Waals surface area contributed by atoms with Crippen LogP contribution in [0.4, 0.5) is 4.39 Å². The van der Waals surface area contributed by atoms with E-state index in [1.165, 1.54) is 12.1 Å². The summed E-state index contributed by atoms with van der Waals surface area (Å²) in [6.45, 7) is 0.916. The van der Waals surface area contributed by atoms with Crippen molar-refractivity contribution in [2.45, 2.75) is 25.6 Å². The second-order valence-corrected chi connectivity index (χ2v) is 5.24. The van der Waals surface area contributed by atoms with E-state index in [2.05, 4.69) is 4.98 Å². The molecule has 0 aliphatic carbocycles. The van der Waals surface area contributed by atoms with Crippen LogP contribution in [0.25, 0.3) is 0 Å². The molecular formula is C16H15FN2O2. The first-order chi connectivity index (χ1) is 10.1. The van der Waals surface area contributed by atoms with Gasteiger partial charge in [0, 0.05) is 25.5 Å². The Morgan fingerprint density at radius 2 is 2.24 bits per heavy atom. The molecule has 1 aliphatic rings. The van der Waals surface area contributed by atoms with Gasteiger partial charge in [0.05, 0.1) is 0 Å². The zero-order valence-corrected chi connectivity index (χ0v) is 11.4. The molecule has 0 bridgehead atoms. The van der Waals surface area contributed by atoms with Crippen LogP contribution in [-0.4, -0.2) is 27.0 Å². The highest BCUT2D eigenvalue weighted by molar-refractivity contribution is 5.74. The third-order valence-electron chi connectivity index (χ3n) is 3.79. The number of carbonyl (C=O) groups is 1. The lowest BCUT2D eigenvalue weighted by Gasteiger charge is -2.34. The highest BCUT2D eigenvalue weighted by atomic mass is 19.1. The Morgan fingerprint density at radius 3 is 2.95 bits per heavy atom. The molecule has 2 heterocycles. The van der Waals surface area contributed by atoms with Crippen molar-refractivity contribution in [3.63, 3.8) is 0 Å². The summed E-state index contributed by atoms with van der Waals surface area (Å²) in [7, 11) is 0. The number of fused-ring (bicyclic) bond motifs is 1. The fourth-order valence-corrected chi connectivity index (χ4v) is 2.74. The van der Waals surface area contributed by atoms with E-state index in [1.54, 1.807) is 18.5 Å². The van der Waals surface area contributed by atoms with Gasteiger partial charge in [-0.2, -0.15) is 0 Å². The first-order valence-electron chi connectivity index (χ1n) is 6.76. The lowest BCUT2D eigenvalue weighted by atomic mass is 9.93. The van der Waals surface area contributed by atoms with E-state index in [4.69, 9.17) is 0 Å². The van der Waals surface area contributed by atoms with Crippen LogP contribution in [0, 0.1) is 5.82 Å². The van der Waals surface area contributed by atoms with Crippen LogP contribution < -0.4 is 0 Å². The average Bonchev–Trinajstić information content (AvgIpc) is 2.47. The van der Waals surface area contributed by atoms with Gasteiger partial charge in [0.15, 0.2) is 0 Å². The molecule has 21 heavy (non-hydrogen) atoms. The number of carboxylic acids is 1. The van der Waals surface area contributed by atoms with Crippen LogP contribution in [0.5, 0.6) is 0 Å². The average molecular weight is 286 g/mol. The molecule has 5 heteroatoms. The predicted molar refractivity (Wildman–Crippen MR) is 75.0 cm³/mol. The second-order valence-electron chi connectivity index (χ2n) is 5.24. The molecule has 1 atom stereocenters. The maximum Gasteiger partial charge on any atom is 0.321 e. The van der Waals surface area contributed by atoms with E-state index in [-0.39, 0.29) is 5.82 Å². The molecule has 1 aromatic heterocycles. The summed E-state index contributed by atoms with van der Waals surface area (Å²) >= 11 is 0. The molecular weight excluding hydrogens is 271 g/mol. The minimum absolute atomic E-state index is 0.288. The van der Waals surface area contributed by atoms with E-state index >= 15 is 0 Å². The number of aromatic nitrogens is 1. The summed E-state index contributed by atoms with van der Waals surface area (Å²) in [5, 5.41) is 9.44. The highest BCUT2D eigenvalue weighted by Gasteiger charge is 2.31. The Labute approximate surface area is 121 Å². The minimum Gasteiger partial charge on any atom is -0.480 e. The molecule has 0 amide bonds. The van der Waals surface area contributed by atoms with Crippen molar-refractivity contribution in [1.82, 2.24) is 9.88 Å². The van der Waals surface area contributed by atoms with Gasteiger partial charge >= 0.3 is 5.97 Å². The number of hydrogen-bond acceptors (Lipinski definition) is 3. The molecule has 1 N–H and O–H groups in total. The summed E-state index contributed by atoms with van der Waals surface area (Å²) in [6, 6.07) is 7.69. The molecule has 0 saturated heterocycles. The molecule has 108 valence electrons. The van der Waals surface area contributed by atoms with E-state index in [0.717, 1.165) is 16.7 Å². The number of rotatable bonds is 3. The van der Waals surface area contributed by atoms with E-state index in [1.807, 2.05) is 17.0 Å². The second kappa shape index (κ2) is 5.61. The summed E-state index contributed by atoms with van der Waals surface area (Å²) in [6.07, 6.45) is 3.80. The molecule has 0 spiro atoms. The molecule has 0 saturated carbocycles. The van der Waals surface area contributed by atoms with Crippen molar-refractivity contribution >= 4 is 5.97 Å². The number of aliphatic carboxylic acids is 1. The number of halogens is 1. The lowest BCUT2D eigenvalue weighted by molar-refractivity contribution is -0.144. The summed E-state index contributed by atoms with van der Waals surface area (Å²) in [4.78, 5) is 17.4. The standard InChI is InChI=1S/C16H15FN2O2/c17-14-4-3-12-7-15(16(20)21)19(10-13(12)6-14)9-11-2-1-5-18-8-11/h1-6,8,15H,7,9-10H2,(H,20,21)/t15-/m0/s1. The van der Waals surface area contributed by atoms with Crippen molar-refractivity contribution in [1.29, 1.82) is 0 Å². The minimum atomic E-state index is -0.853. The summed E-state index contributed by atoms with van der Waals surface area (Å²) in [5.74, 6) is -1.14. The summed E-state index contributed by atoms with van der Waals surface area (Å²) < 4.78 is 13.4. The van der Waals surface area contributed by atoms with Crippen LogP contribution in [0.1, 0.15) is 16.7 Å². The molecule has 1 aromatic carbocycles. The first-order valence-corrected chi connectivity index (χ1v) is 6.76. The van der Waals surface area contributed by atoms with Crippen molar-refractivity contribution < 1.29 is 14.3 Å². The van der Waals surface area contributed by atoms with E-state index in [0.29, 0.717) is 19.5 Å². The third-order valence-corrected chi connectivity index (χ3v) is 3.79. The van der Waals surface area contributed by atoms with Crippen LogP contribution in [0.2, 0.25) is 0 Å². The lowest BCUT2D eigenvalue weighted by Crippen LogP contribution is -2.45. The summed E-state index contributed by atoms with van der Waals surface area (Å²) in [5.41, 5.74) is 2.71. The Kier molecular flexibility index (Phi) is 3.66. The van der Waals surface area contributed by atoms with Crippen LogP contribution in [0.3, 0.4) is 0 Å². The smallest absolute Gasteiger partial charge is 0.321 e. The van der Waals surface area contributed by atoms with Gasteiger partial charge < -0.3 is 5.11 Å². The quantitative estimate of drug-likeness (QED) is 0.940. The van der Waals surface area contributed by atoms with Crippen LogP contribution >= 0.6 is 0 Å². The fraction of sp³-hybridized carbons (Fsp3) is 0.250. The Balaban J connectivity index is 1.89. The highest BCUT2D eigenvalue weighted by Crippen LogP contribution is 2.25. The molecule has 1 aliphatic heterocycles. The Bertz CT molecular complexity index is 661. The zero-order chi connectivity index (χ0) is 14.8. The largest absolute Gasteiger partial charge is 0.480 e. The molecule has 4 nitrogen and oxygen atoms in total. The molecule has 0 radical (unpaired) electrons. The molecule has 0 fully saturated rings. The maximum absolute atomic E-state index is 13.4.